The standard InChI is InChI=1S/C16H24N2/c1-16(9-4-10-17-16)13-18-11-7-14-5-2-3-6-15(14)8-12-18/h2-3,5-6,17H,4,7-13H2,1H3. The fourth-order valence-corrected chi connectivity index (χ4v) is 3.46. The Kier molecular flexibility index (Phi) is 3.40. The summed E-state index contributed by atoms with van der Waals surface area (Å²) < 4.78 is 0. The maximum atomic E-state index is 3.68. The Balaban J connectivity index is 1.64. The van der Waals surface area contributed by atoms with Crippen molar-refractivity contribution in [1.82, 2.24) is 10.2 Å². The molecule has 18 heavy (non-hydrogen) atoms. The van der Waals surface area contributed by atoms with Gasteiger partial charge in [-0.15, -0.1) is 0 Å². The molecule has 2 heterocycles. The lowest BCUT2D eigenvalue weighted by atomic mass is 9.99. The normalized spacial score (nSPS) is 28.9. The van der Waals surface area contributed by atoms with E-state index in [1.807, 2.05) is 0 Å². The molecule has 1 unspecified atom stereocenters. The summed E-state index contributed by atoms with van der Waals surface area (Å²) in [6.45, 7) is 7.23. The van der Waals surface area contributed by atoms with Gasteiger partial charge in [0.15, 0.2) is 0 Å². The fraction of sp³-hybridized carbons (Fsp3) is 0.625. The molecule has 2 heteroatoms. The van der Waals surface area contributed by atoms with Gasteiger partial charge in [-0.05, 0) is 50.3 Å². The van der Waals surface area contributed by atoms with Crippen LogP contribution in [0.15, 0.2) is 24.3 Å². The molecule has 98 valence electrons. The van der Waals surface area contributed by atoms with E-state index < -0.39 is 0 Å². The minimum Gasteiger partial charge on any atom is -0.310 e. The Labute approximate surface area is 110 Å². The first-order valence-corrected chi connectivity index (χ1v) is 7.29. The van der Waals surface area contributed by atoms with Crippen LogP contribution in [-0.2, 0) is 12.8 Å². The van der Waals surface area contributed by atoms with E-state index in [0.717, 1.165) is 0 Å². The zero-order valence-electron chi connectivity index (χ0n) is 11.4. The quantitative estimate of drug-likeness (QED) is 0.858. The van der Waals surface area contributed by atoms with Gasteiger partial charge in [-0.1, -0.05) is 24.3 Å². The highest BCUT2D eigenvalue weighted by Crippen LogP contribution is 2.22. The van der Waals surface area contributed by atoms with Crippen LogP contribution in [0, 0.1) is 0 Å². The van der Waals surface area contributed by atoms with Gasteiger partial charge in [-0.3, -0.25) is 0 Å². The molecule has 0 amide bonds. The highest BCUT2D eigenvalue weighted by Gasteiger charge is 2.30. The topological polar surface area (TPSA) is 15.3 Å². The third kappa shape index (κ3) is 2.60. The average Bonchev–Trinajstić information content (AvgIpc) is 2.69. The van der Waals surface area contributed by atoms with Crippen molar-refractivity contribution >= 4 is 0 Å². The molecule has 3 rings (SSSR count). The van der Waals surface area contributed by atoms with E-state index in [1.54, 1.807) is 11.1 Å². The largest absolute Gasteiger partial charge is 0.310 e. The molecule has 0 bridgehead atoms. The Morgan fingerprint density at radius 2 is 1.83 bits per heavy atom. The predicted molar refractivity (Wildman–Crippen MR) is 75.9 cm³/mol. The minimum atomic E-state index is 0.358. The lowest BCUT2D eigenvalue weighted by Gasteiger charge is -2.32. The zero-order chi connectivity index (χ0) is 12.4. The number of nitrogens with zero attached hydrogens (tertiary/aromatic N) is 1. The Morgan fingerprint density at radius 1 is 1.17 bits per heavy atom. The second-order valence-electron chi connectivity index (χ2n) is 6.14. The van der Waals surface area contributed by atoms with Crippen molar-refractivity contribution in [3.05, 3.63) is 35.4 Å². The van der Waals surface area contributed by atoms with Crippen molar-refractivity contribution in [3.8, 4) is 0 Å². The number of hydrogen-bond acceptors (Lipinski definition) is 2. The van der Waals surface area contributed by atoms with Crippen LogP contribution in [0.4, 0.5) is 0 Å². The van der Waals surface area contributed by atoms with Gasteiger partial charge in [-0.2, -0.15) is 0 Å². The molecule has 0 aromatic heterocycles. The SMILES string of the molecule is CC1(CN2CCc3ccccc3CC2)CCCN1. The number of fused-ring (bicyclic) bond motifs is 1. The first-order chi connectivity index (χ1) is 8.75. The van der Waals surface area contributed by atoms with E-state index in [4.69, 9.17) is 0 Å². The van der Waals surface area contributed by atoms with Gasteiger partial charge in [0, 0.05) is 25.2 Å². The van der Waals surface area contributed by atoms with Crippen molar-refractivity contribution < 1.29 is 0 Å². The van der Waals surface area contributed by atoms with Gasteiger partial charge in [0.2, 0.25) is 0 Å². The highest BCUT2D eigenvalue weighted by atomic mass is 15.2. The molecule has 0 aliphatic carbocycles. The summed E-state index contributed by atoms with van der Waals surface area (Å²) >= 11 is 0. The number of benzene rings is 1. The van der Waals surface area contributed by atoms with Gasteiger partial charge in [0.05, 0.1) is 0 Å². The molecule has 0 spiro atoms. The summed E-state index contributed by atoms with van der Waals surface area (Å²) in [6.07, 6.45) is 5.10. The Hall–Kier alpha value is -0.860. The van der Waals surface area contributed by atoms with Gasteiger partial charge < -0.3 is 10.2 Å². The summed E-state index contributed by atoms with van der Waals surface area (Å²) in [5.41, 5.74) is 3.48. The average molecular weight is 244 g/mol. The van der Waals surface area contributed by atoms with E-state index in [2.05, 4.69) is 41.4 Å². The second-order valence-corrected chi connectivity index (χ2v) is 6.14. The van der Waals surface area contributed by atoms with Crippen LogP contribution in [0.5, 0.6) is 0 Å². The maximum Gasteiger partial charge on any atom is 0.0280 e. The smallest absolute Gasteiger partial charge is 0.0280 e. The van der Waals surface area contributed by atoms with Gasteiger partial charge in [0.1, 0.15) is 0 Å². The molecule has 2 nitrogen and oxygen atoms in total. The highest BCUT2D eigenvalue weighted by molar-refractivity contribution is 5.28. The Morgan fingerprint density at radius 3 is 2.39 bits per heavy atom. The van der Waals surface area contributed by atoms with Crippen LogP contribution >= 0.6 is 0 Å². The molecule has 1 N–H and O–H groups in total. The molecule has 2 aliphatic heterocycles. The molecule has 0 radical (unpaired) electrons. The first kappa shape index (κ1) is 12.2. The molecule has 1 fully saturated rings. The van der Waals surface area contributed by atoms with E-state index >= 15 is 0 Å². The second kappa shape index (κ2) is 5.02. The number of hydrogen-bond donors (Lipinski definition) is 1. The summed E-state index contributed by atoms with van der Waals surface area (Å²) in [4.78, 5) is 2.65. The molecule has 1 atom stereocenters. The van der Waals surface area contributed by atoms with Gasteiger partial charge in [-0.25, -0.2) is 0 Å². The van der Waals surface area contributed by atoms with Crippen LogP contribution < -0.4 is 5.32 Å². The van der Waals surface area contributed by atoms with Crippen molar-refractivity contribution in [3.63, 3.8) is 0 Å². The molecule has 1 aromatic carbocycles. The predicted octanol–water partition coefficient (Wildman–Crippen LogP) is 2.23. The van der Waals surface area contributed by atoms with Crippen molar-refractivity contribution in [2.24, 2.45) is 0 Å². The number of rotatable bonds is 2. The lowest BCUT2D eigenvalue weighted by Crippen LogP contribution is -2.48. The van der Waals surface area contributed by atoms with Crippen molar-refractivity contribution in [2.45, 2.75) is 38.1 Å². The minimum absolute atomic E-state index is 0.358. The van der Waals surface area contributed by atoms with E-state index in [0.29, 0.717) is 5.54 Å². The summed E-state index contributed by atoms with van der Waals surface area (Å²) in [7, 11) is 0. The van der Waals surface area contributed by atoms with Gasteiger partial charge in [0.25, 0.3) is 0 Å². The van der Waals surface area contributed by atoms with Crippen LogP contribution in [-0.4, -0.2) is 36.6 Å². The molecule has 0 saturated carbocycles. The molecule has 2 aliphatic rings. The Bertz CT molecular complexity index is 380. The van der Waals surface area contributed by atoms with Crippen LogP contribution in [0.3, 0.4) is 0 Å². The summed E-state index contributed by atoms with van der Waals surface area (Å²) in [5, 5.41) is 3.68. The zero-order valence-corrected chi connectivity index (χ0v) is 11.4. The summed E-state index contributed by atoms with van der Waals surface area (Å²) in [5.74, 6) is 0. The van der Waals surface area contributed by atoms with E-state index in [9.17, 15) is 0 Å². The summed E-state index contributed by atoms with van der Waals surface area (Å²) in [6, 6.07) is 8.95. The monoisotopic (exact) mass is 244 g/mol. The molecular weight excluding hydrogens is 220 g/mol. The number of nitrogens with one attached hydrogen (secondary N) is 1. The maximum absolute atomic E-state index is 3.68. The third-order valence-electron chi connectivity index (χ3n) is 4.54. The molecular formula is C16H24N2. The third-order valence-corrected chi connectivity index (χ3v) is 4.54. The van der Waals surface area contributed by atoms with Crippen LogP contribution in [0.25, 0.3) is 0 Å². The van der Waals surface area contributed by atoms with Crippen LogP contribution in [0.1, 0.15) is 30.9 Å². The molecule has 1 aromatic rings. The first-order valence-electron chi connectivity index (χ1n) is 7.29. The van der Waals surface area contributed by atoms with Crippen molar-refractivity contribution in [2.75, 3.05) is 26.2 Å². The van der Waals surface area contributed by atoms with Crippen molar-refractivity contribution in [1.29, 1.82) is 0 Å². The van der Waals surface area contributed by atoms with E-state index in [-0.39, 0.29) is 0 Å². The lowest BCUT2D eigenvalue weighted by molar-refractivity contribution is 0.211. The molecule has 1 saturated heterocycles. The van der Waals surface area contributed by atoms with Crippen LogP contribution in [0.2, 0.25) is 0 Å². The fourth-order valence-electron chi connectivity index (χ4n) is 3.46. The van der Waals surface area contributed by atoms with E-state index in [1.165, 1.54) is 51.9 Å². The van der Waals surface area contributed by atoms with Gasteiger partial charge >= 0.3 is 0 Å².